The molecule has 0 saturated carbocycles. The van der Waals surface area contributed by atoms with Gasteiger partial charge in [0.2, 0.25) is 0 Å². The summed E-state index contributed by atoms with van der Waals surface area (Å²) < 4.78 is 9.91. The highest BCUT2D eigenvalue weighted by Gasteiger charge is 2.26. The number of fused-ring (bicyclic) bond motifs is 15. The van der Waals surface area contributed by atoms with E-state index in [0.717, 1.165) is 129 Å². The van der Waals surface area contributed by atoms with Gasteiger partial charge in [0, 0.05) is 153 Å². The first-order chi connectivity index (χ1) is 67.4. The normalized spacial score (nSPS) is 11.5. The number of aromatic nitrogens is 4. The molecule has 6 aromatic heterocycles. The van der Waals surface area contributed by atoms with Crippen molar-refractivity contribution in [1.82, 2.24) is 19.1 Å². The standard InChI is InChI=1S/C66H43N5S.C60H41N3S/c1-3-14-44(15-4-1)45-29-33-51(34-30-45)71-60-25-9-7-23-56(60)57-36-31-49(41-61(57)71)48-16-11-20-52(40-48)69(55-35-37-63-59(43-55)58-24-8-10-26-62(58)72-63)53-21-12-22-54(42-53)70(50-18-5-2-6-19-50)64-38-32-47-28-27-46-17-13-39-67-65(46)66(47)68-64;1-4-16-42(17-5-1)43-30-33-48(34-31-43)61(46-19-6-2-7-20-46)50-24-15-25-51(40-50)62(52-35-37-56-55-27-11-13-29-59(55)64-60(56)41-52)49-23-14-18-44(38-49)45-32-36-54-53-26-10-12-28-57(53)63(58(54)39-45)47-21-8-3-9-22-47/h1-43H;1-41H. The molecule has 20 aromatic carbocycles. The predicted octanol–water partition coefficient (Wildman–Crippen LogP) is 35.9. The van der Waals surface area contributed by atoms with Crippen LogP contribution in [0.15, 0.2) is 510 Å². The number of para-hydroxylation sites is 5. The number of benzene rings is 20. The summed E-state index contributed by atoms with van der Waals surface area (Å²) in [5.41, 5.74) is 29.8. The van der Waals surface area contributed by atoms with Gasteiger partial charge in [0.15, 0.2) is 0 Å². The summed E-state index contributed by atoms with van der Waals surface area (Å²) in [6.07, 6.45) is 1.85. The van der Waals surface area contributed by atoms with E-state index in [9.17, 15) is 0 Å². The topological polar surface area (TPSA) is 48.6 Å². The first-order valence-electron chi connectivity index (χ1n) is 46.0. The molecule has 0 aliphatic rings. The molecule has 0 bridgehead atoms. The molecule has 0 N–H and O–H groups in total. The Kier molecular flexibility index (Phi) is 20.5. The lowest BCUT2D eigenvalue weighted by molar-refractivity contribution is 1.18. The molecule has 136 heavy (non-hydrogen) atoms. The van der Waals surface area contributed by atoms with E-state index in [1.807, 2.05) is 34.9 Å². The molecule has 8 nitrogen and oxygen atoms in total. The van der Waals surface area contributed by atoms with Gasteiger partial charge >= 0.3 is 0 Å². The molecule has 6 heterocycles. The highest BCUT2D eigenvalue weighted by Crippen LogP contribution is 2.49. The summed E-state index contributed by atoms with van der Waals surface area (Å²) in [6, 6.07) is 182. The Morgan fingerprint density at radius 3 is 1.08 bits per heavy atom. The third-order valence-corrected chi connectivity index (χ3v) is 28.6. The average Bonchev–Trinajstić information content (AvgIpc) is 1.09. The van der Waals surface area contributed by atoms with Gasteiger partial charge in [-0.15, -0.1) is 22.7 Å². The molecule has 0 amide bonds. The molecule has 0 radical (unpaired) electrons. The number of anilines is 12. The Morgan fingerprint density at radius 1 is 0.176 bits per heavy atom. The van der Waals surface area contributed by atoms with Crippen LogP contribution in [0.2, 0.25) is 0 Å². The molecule has 0 unspecified atom stereocenters. The number of hydrogen-bond acceptors (Lipinski definition) is 8. The quantitative estimate of drug-likeness (QED) is 0.0798. The minimum Gasteiger partial charge on any atom is -0.310 e. The zero-order chi connectivity index (χ0) is 89.9. The fourth-order valence-corrected chi connectivity index (χ4v) is 22.2. The van der Waals surface area contributed by atoms with Crippen LogP contribution in [0.3, 0.4) is 0 Å². The van der Waals surface area contributed by atoms with Gasteiger partial charge in [0.05, 0.1) is 33.1 Å². The number of rotatable bonds is 18. The Balaban J connectivity index is 0.000000146. The highest BCUT2D eigenvalue weighted by atomic mass is 32.1. The van der Waals surface area contributed by atoms with Crippen LogP contribution in [0.1, 0.15) is 0 Å². The van der Waals surface area contributed by atoms with E-state index < -0.39 is 0 Å². The van der Waals surface area contributed by atoms with Crippen LogP contribution in [-0.4, -0.2) is 19.1 Å². The fourth-order valence-electron chi connectivity index (χ4n) is 19.9. The van der Waals surface area contributed by atoms with Crippen molar-refractivity contribution < 1.29 is 0 Å². The molecule has 26 aromatic rings. The lowest BCUT2D eigenvalue weighted by Crippen LogP contribution is -2.14. The molecule has 26 rings (SSSR count). The monoisotopic (exact) mass is 1770 g/mol. The molecular formula is C126H84N8S2. The van der Waals surface area contributed by atoms with E-state index >= 15 is 0 Å². The Labute approximate surface area is 795 Å². The van der Waals surface area contributed by atoms with E-state index in [1.54, 1.807) is 0 Å². The molecule has 0 aliphatic heterocycles. The minimum absolute atomic E-state index is 0.809. The first kappa shape index (κ1) is 80.5. The molecule has 0 fully saturated rings. The molecule has 640 valence electrons. The molecular weight excluding hydrogens is 1690 g/mol. The SMILES string of the molecule is c1ccc(-c2ccc(-n3c4ccccc4c4ccc(-c5cccc(N(c6cccc(N(c7ccccc7)c7ccc8ccc9cccnc9c8n7)c6)c6ccc7sc8ccccc8c7c6)c5)cc43)cc2)cc1.c1ccc(-c2ccc(N(c3ccccc3)c3cccc(N(c4cccc(-c5ccc6c7ccccc7n(-c7ccccc7)c6c5)c4)c4ccc5c(c4)sc4ccccc45)c3)cc2)cc1. The number of thiophene rings is 2. The third kappa shape index (κ3) is 14.8. The summed E-state index contributed by atoms with van der Waals surface area (Å²) in [4.78, 5) is 19.6. The van der Waals surface area contributed by atoms with Crippen molar-refractivity contribution in [2.45, 2.75) is 0 Å². The van der Waals surface area contributed by atoms with Crippen LogP contribution in [-0.2, 0) is 0 Å². The second-order valence-electron chi connectivity index (χ2n) is 34.4. The van der Waals surface area contributed by atoms with Gasteiger partial charge in [-0.3, -0.25) is 9.88 Å². The summed E-state index contributed by atoms with van der Waals surface area (Å²) in [5, 5.41) is 12.1. The van der Waals surface area contributed by atoms with Gasteiger partial charge < -0.3 is 23.8 Å². The highest BCUT2D eigenvalue weighted by molar-refractivity contribution is 7.26. The van der Waals surface area contributed by atoms with Crippen molar-refractivity contribution in [3.05, 3.63) is 510 Å². The fraction of sp³-hybridized carbons (Fsp3) is 0. The number of hydrogen-bond donors (Lipinski definition) is 0. The summed E-state index contributed by atoms with van der Waals surface area (Å²) >= 11 is 3.69. The maximum atomic E-state index is 5.38. The summed E-state index contributed by atoms with van der Waals surface area (Å²) in [7, 11) is 0. The Bertz CT molecular complexity index is 9010. The number of pyridine rings is 2. The van der Waals surface area contributed by atoms with Gasteiger partial charge in [0.1, 0.15) is 5.82 Å². The maximum absolute atomic E-state index is 5.38. The second-order valence-corrected chi connectivity index (χ2v) is 36.6. The smallest absolute Gasteiger partial charge is 0.138 e. The molecule has 0 aliphatic carbocycles. The van der Waals surface area contributed by atoms with Gasteiger partial charge in [-0.25, -0.2) is 4.98 Å². The Morgan fingerprint density at radius 2 is 0.515 bits per heavy atom. The van der Waals surface area contributed by atoms with Gasteiger partial charge in [-0.1, -0.05) is 297 Å². The van der Waals surface area contributed by atoms with Crippen LogP contribution in [0.5, 0.6) is 0 Å². The second kappa shape index (κ2) is 34.6. The molecule has 0 spiro atoms. The van der Waals surface area contributed by atoms with E-state index in [-0.39, 0.29) is 0 Å². The maximum Gasteiger partial charge on any atom is 0.138 e. The van der Waals surface area contributed by atoms with Crippen LogP contribution in [0.4, 0.5) is 68.4 Å². The van der Waals surface area contributed by atoms with Gasteiger partial charge in [0.25, 0.3) is 0 Å². The largest absolute Gasteiger partial charge is 0.310 e. The van der Waals surface area contributed by atoms with Crippen molar-refractivity contribution >= 4 is 197 Å². The van der Waals surface area contributed by atoms with Crippen molar-refractivity contribution in [3.63, 3.8) is 0 Å². The van der Waals surface area contributed by atoms with Gasteiger partial charge in [-0.2, -0.15) is 0 Å². The van der Waals surface area contributed by atoms with Crippen molar-refractivity contribution in [2.24, 2.45) is 0 Å². The van der Waals surface area contributed by atoms with E-state index in [2.05, 4.69) is 526 Å². The van der Waals surface area contributed by atoms with Crippen molar-refractivity contribution in [1.29, 1.82) is 0 Å². The number of nitrogens with zero attached hydrogens (tertiary/aromatic N) is 8. The molecule has 10 heteroatoms. The van der Waals surface area contributed by atoms with Crippen molar-refractivity contribution in [2.75, 3.05) is 19.6 Å². The van der Waals surface area contributed by atoms with Gasteiger partial charge in [-0.05, 0) is 251 Å². The van der Waals surface area contributed by atoms with Crippen molar-refractivity contribution in [3.8, 4) is 55.9 Å². The van der Waals surface area contributed by atoms with E-state index in [4.69, 9.17) is 9.97 Å². The average molecular weight is 1770 g/mol. The van der Waals surface area contributed by atoms with Crippen LogP contribution in [0.25, 0.3) is 162 Å². The lowest BCUT2D eigenvalue weighted by atomic mass is 10.0. The zero-order valence-electron chi connectivity index (χ0n) is 73.9. The zero-order valence-corrected chi connectivity index (χ0v) is 75.5. The molecule has 0 atom stereocenters. The first-order valence-corrected chi connectivity index (χ1v) is 47.7. The molecule has 0 saturated heterocycles. The Hall–Kier alpha value is -17.5. The summed E-state index contributed by atoms with van der Waals surface area (Å²) in [5.74, 6) is 0.809. The summed E-state index contributed by atoms with van der Waals surface area (Å²) in [6.45, 7) is 0. The third-order valence-electron chi connectivity index (χ3n) is 26.3. The van der Waals surface area contributed by atoms with Crippen LogP contribution in [0, 0.1) is 0 Å². The predicted molar refractivity (Wildman–Crippen MR) is 578 cm³/mol. The van der Waals surface area contributed by atoms with Crippen LogP contribution < -0.4 is 19.6 Å². The van der Waals surface area contributed by atoms with E-state index in [1.165, 1.54) is 101 Å². The minimum atomic E-state index is 0.809. The lowest BCUT2D eigenvalue weighted by Gasteiger charge is -2.29. The van der Waals surface area contributed by atoms with Crippen LogP contribution >= 0.6 is 22.7 Å². The van der Waals surface area contributed by atoms with E-state index in [0.29, 0.717) is 0 Å².